The lowest BCUT2D eigenvalue weighted by molar-refractivity contribution is 0.0475. The number of Topliss-reactive ketones (excluding diaryl/α,β-unsaturated/α-hetero) is 1. The summed E-state index contributed by atoms with van der Waals surface area (Å²) < 4.78 is 10.2. The van der Waals surface area contributed by atoms with Crippen molar-refractivity contribution in [2.45, 2.75) is 13.3 Å². The van der Waals surface area contributed by atoms with Gasteiger partial charge in [-0.15, -0.1) is 0 Å². The molecule has 0 saturated carbocycles. The molecule has 0 radical (unpaired) electrons. The van der Waals surface area contributed by atoms with Gasteiger partial charge in [-0.25, -0.2) is 4.79 Å². The molecule has 142 valence electrons. The summed E-state index contributed by atoms with van der Waals surface area (Å²) in [6, 6.07) is 16.7. The van der Waals surface area contributed by atoms with Gasteiger partial charge >= 0.3 is 5.97 Å². The number of para-hydroxylation sites is 1. The highest BCUT2D eigenvalue weighted by molar-refractivity contribution is 6.07. The average Bonchev–Trinajstić information content (AvgIpc) is 3.27. The quantitative estimate of drug-likeness (QED) is 0.494. The number of rotatable bonds is 7. The molecule has 0 fully saturated rings. The molecular formula is C22H19NO5. The van der Waals surface area contributed by atoms with Crippen LogP contribution in [0.15, 0.2) is 71.3 Å². The number of aryl methyl sites for hydroxylation is 1. The first-order chi connectivity index (χ1) is 13.6. The Morgan fingerprint density at radius 3 is 2.39 bits per heavy atom. The van der Waals surface area contributed by atoms with E-state index in [-0.39, 0.29) is 29.4 Å². The number of carbonyl (C=O) groups excluding carboxylic acids is 3. The number of esters is 1. The van der Waals surface area contributed by atoms with E-state index in [1.807, 2.05) is 19.1 Å². The van der Waals surface area contributed by atoms with Crippen LogP contribution >= 0.6 is 0 Å². The van der Waals surface area contributed by atoms with E-state index in [2.05, 4.69) is 5.32 Å². The third-order valence-corrected chi connectivity index (χ3v) is 4.16. The molecule has 0 saturated heterocycles. The van der Waals surface area contributed by atoms with E-state index >= 15 is 0 Å². The summed E-state index contributed by atoms with van der Waals surface area (Å²) in [7, 11) is 0. The summed E-state index contributed by atoms with van der Waals surface area (Å²) in [5.41, 5.74) is 2.02. The van der Waals surface area contributed by atoms with Gasteiger partial charge < -0.3 is 14.5 Å². The van der Waals surface area contributed by atoms with Gasteiger partial charge in [0.15, 0.2) is 18.2 Å². The number of benzene rings is 2. The molecule has 3 rings (SSSR count). The van der Waals surface area contributed by atoms with Gasteiger partial charge in [-0.1, -0.05) is 43.3 Å². The molecule has 3 aromatic rings. The van der Waals surface area contributed by atoms with E-state index in [9.17, 15) is 14.4 Å². The van der Waals surface area contributed by atoms with Gasteiger partial charge in [0.25, 0.3) is 5.91 Å². The van der Waals surface area contributed by atoms with E-state index in [0.717, 1.165) is 12.0 Å². The Morgan fingerprint density at radius 2 is 1.71 bits per heavy atom. The van der Waals surface area contributed by atoms with Crippen molar-refractivity contribution in [2.75, 3.05) is 11.9 Å². The number of hydrogen-bond donors (Lipinski definition) is 1. The molecule has 0 spiro atoms. The maximum atomic E-state index is 12.4. The van der Waals surface area contributed by atoms with E-state index in [0.29, 0.717) is 5.56 Å². The summed E-state index contributed by atoms with van der Waals surface area (Å²) in [6.07, 6.45) is 2.26. The van der Waals surface area contributed by atoms with Crippen molar-refractivity contribution in [2.24, 2.45) is 0 Å². The second-order valence-electron chi connectivity index (χ2n) is 6.03. The van der Waals surface area contributed by atoms with Crippen molar-refractivity contribution >= 4 is 23.3 Å². The second kappa shape index (κ2) is 8.81. The number of carbonyl (C=O) groups is 3. The second-order valence-corrected chi connectivity index (χ2v) is 6.03. The highest BCUT2D eigenvalue weighted by Gasteiger charge is 2.18. The predicted molar refractivity (Wildman–Crippen MR) is 104 cm³/mol. The van der Waals surface area contributed by atoms with Crippen molar-refractivity contribution in [1.82, 2.24) is 0 Å². The topological polar surface area (TPSA) is 85.6 Å². The molecular weight excluding hydrogens is 358 g/mol. The first kappa shape index (κ1) is 19.1. The Kier molecular flexibility index (Phi) is 6.01. The van der Waals surface area contributed by atoms with Crippen molar-refractivity contribution < 1.29 is 23.5 Å². The molecule has 6 heteroatoms. The van der Waals surface area contributed by atoms with E-state index in [1.165, 1.54) is 18.4 Å². The van der Waals surface area contributed by atoms with Crippen LogP contribution in [0.3, 0.4) is 0 Å². The predicted octanol–water partition coefficient (Wildman–Crippen LogP) is 4.13. The number of amides is 1. The van der Waals surface area contributed by atoms with Gasteiger partial charge in [0.2, 0.25) is 0 Å². The molecule has 1 amide bonds. The van der Waals surface area contributed by atoms with Crippen LogP contribution in [0.2, 0.25) is 0 Å². The SMILES string of the molecule is CCc1ccc(C(=O)COC(=O)c2ccccc2NC(=O)c2ccco2)cc1. The van der Waals surface area contributed by atoms with E-state index in [1.54, 1.807) is 36.4 Å². The average molecular weight is 377 g/mol. The lowest BCUT2D eigenvalue weighted by Crippen LogP contribution is -2.18. The Labute approximate surface area is 162 Å². The lowest BCUT2D eigenvalue weighted by Gasteiger charge is -2.10. The van der Waals surface area contributed by atoms with Crippen molar-refractivity contribution in [1.29, 1.82) is 0 Å². The monoisotopic (exact) mass is 377 g/mol. The fraction of sp³-hybridized carbons (Fsp3) is 0.136. The molecule has 0 aliphatic carbocycles. The highest BCUT2D eigenvalue weighted by Crippen LogP contribution is 2.18. The molecule has 1 aromatic heterocycles. The molecule has 0 unspecified atom stereocenters. The number of ketones is 1. The summed E-state index contributed by atoms with van der Waals surface area (Å²) in [6.45, 7) is 1.64. The molecule has 0 aliphatic heterocycles. The van der Waals surface area contributed by atoms with Crippen molar-refractivity contribution in [3.63, 3.8) is 0 Å². The summed E-state index contributed by atoms with van der Waals surface area (Å²) >= 11 is 0. The van der Waals surface area contributed by atoms with Gasteiger partial charge in [-0.2, -0.15) is 0 Å². The van der Waals surface area contributed by atoms with Gasteiger partial charge in [0, 0.05) is 5.56 Å². The number of ether oxygens (including phenoxy) is 1. The Morgan fingerprint density at radius 1 is 0.964 bits per heavy atom. The highest BCUT2D eigenvalue weighted by atomic mass is 16.5. The summed E-state index contributed by atoms with van der Waals surface area (Å²) in [4.78, 5) is 36.8. The zero-order chi connectivity index (χ0) is 19.9. The summed E-state index contributed by atoms with van der Waals surface area (Å²) in [5.74, 6) is -1.37. The van der Waals surface area contributed by atoms with Gasteiger partial charge in [0.05, 0.1) is 17.5 Å². The minimum Gasteiger partial charge on any atom is -0.459 e. The number of anilines is 1. The minimum absolute atomic E-state index is 0.119. The molecule has 1 N–H and O–H groups in total. The Bertz CT molecular complexity index is 974. The van der Waals surface area contributed by atoms with Crippen LogP contribution in [0.25, 0.3) is 0 Å². The van der Waals surface area contributed by atoms with Crippen LogP contribution in [-0.4, -0.2) is 24.3 Å². The number of hydrogen-bond acceptors (Lipinski definition) is 5. The van der Waals surface area contributed by atoms with Crippen LogP contribution in [0.5, 0.6) is 0 Å². The number of nitrogens with one attached hydrogen (secondary N) is 1. The molecule has 2 aromatic carbocycles. The Hall–Kier alpha value is -3.67. The van der Waals surface area contributed by atoms with Crippen LogP contribution in [0.4, 0.5) is 5.69 Å². The first-order valence-corrected chi connectivity index (χ1v) is 8.81. The normalized spacial score (nSPS) is 10.3. The smallest absolute Gasteiger partial charge is 0.340 e. The zero-order valence-corrected chi connectivity index (χ0v) is 15.3. The van der Waals surface area contributed by atoms with Crippen LogP contribution < -0.4 is 5.32 Å². The largest absolute Gasteiger partial charge is 0.459 e. The van der Waals surface area contributed by atoms with E-state index in [4.69, 9.17) is 9.15 Å². The lowest BCUT2D eigenvalue weighted by atomic mass is 10.1. The zero-order valence-electron chi connectivity index (χ0n) is 15.3. The summed E-state index contributed by atoms with van der Waals surface area (Å²) in [5, 5.41) is 2.61. The maximum Gasteiger partial charge on any atom is 0.340 e. The molecule has 28 heavy (non-hydrogen) atoms. The van der Waals surface area contributed by atoms with Gasteiger partial charge in [0.1, 0.15) is 0 Å². The number of furan rings is 1. The molecule has 1 heterocycles. The van der Waals surface area contributed by atoms with Gasteiger partial charge in [-0.3, -0.25) is 9.59 Å². The molecule has 6 nitrogen and oxygen atoms in total. The molecule has 0 aliphatic rings. The van der Waals surface area contributed by atoms with Crippen molar-refractivity contribution in [3.8, 4) is 0 Å². The van der Waals surface area contributed by atoms with Crippen LogP contribution in [0.1, 0.15) is 43.8 Å². The van der Waals surface area contributed by atoms with Crippen molar-refractivity contribution in [3.05, 3.63) is 89.4 Å². The molecule has 0 atom stereocenters. The van der Waals surface area contributed by atoms with Crippen LogP contribution in [0, 0.1) is 0 Å². The first-order valence-electron chi connectivity index (χ1n) is 8.81. The van der Waals surface area contributed by atoms with E-state index < -0.39 is 11.9 Å². The fourth-order valence-electron chi connectivity index (χ4n) is 2.58. The standard InChI is InChI=1S/C22H19NO5/c1-2-15-9-11-16(12-10-15)19(24)14-28-22(26)17-6-3-4-7-18(17)23-21(25)20-8-5-13-27-20/h3-13H,2,14H2,1H3,(H,23,25). The minimum atomic E-state index is -0.700. The Balaban J connectivity index is 1.65. The third kappa shape index (κ3) is 4.54. The fourth-order valence-corrected chi connectivity index (χ4v) is 2.58. The van der Waals surface area contributed by atoms with Gasteiger partial charge in [-0.05, 0) is 36.2 Å². The maximum absolute atomic E-state index is 12.4. The van der Waals surface area contributed by atoms with Crippen LogP contribution in [-0.2, 0) is 11.2 Å². The molecule has 0 bridgehead atoms. The third-order valence-electron chi connectivity index (χ3n) is 4.16.